The quantitative estimate of drug-likeness (QED) is 0.791. The van der Waals surface area contributed by atoms with Crippen LogP contribution >= 0.6 is 11.3 Å². The molecule has 0 aliphatic heterocycles. The summed E-state index contributed by atoms with van der Waals surface area (Å²) in [4.78, 5) is 12.2. The Hall–Kier alpha value is -1.13. The van der Waals surface area contributed by atoms with Crippen LogP contribution in [-0.2, 0) is 6.54 Å². The van der Waals surface area contributed by atoms with Crippen molar-refractivity contribution in [3.05, 3.63) is 34.0 Å². The van der Waals surface area contributed by atoms with Gasteiger partial charge >= 0.3 is 5.97 Å². The number of allylic oxidation sites excluding steroid dienone is 2. The predicted octanol–water partition coefficient (Wildman–Crippen LogP) is 2.89. The van der Waals surface area contributed by atoms with Crippen molar-refractivity contribution in [3.63, 3.8) is 0 Å². The molecule has 0 aromatic carbocycles. The third kappa shape index (κ3) is 3.68. The Bertz CT molecular complexity index is 411. The maximum atomic E-state index is 10.7. The molecule has 0 fully saturated rings. The minimum atomic E-state index is -0.835. The fraction of sp³-hybridized carbons (Fsp3) is 0.462. The lowest BCUT2D eigenvalue weighted by Gasteiger charge is -2.17. The van der Waals surface area contributed by atoms with E-state index in [1.165, 1.54) is 24.2 Å². The van der Waals surface area contributed by atoms with Gasteiger partial charge in [0.05, 0.1) is 0 Å². The first-order valence-corrected chi connectivity index (χ1v) is 6.75. The largest absolute Gasteiger partial charge is 0.477 e. The van der Waals surface area contributed by atoms with Crippen molar-refractivity contribution in [1.29, 1.82) is 0 Å². The minimum absolute atomic E-state index is 0.419. The van der Waals surface area contributed by atoms with E-state index in [2.05, 4.69) is 17.5 Å². The van der Waals surface area contributed by atoms with E-state index in [1.807, 2.05) is 6.07 Å². The first-order valence-electron chi connectivity index (χ1n) is 5.93. The van der Waals surface area contributed by atoms with Crippen LogP contribution in [0.1, 0.15) is 33.8 Å². The molecule has 0 spiro atoms. The fourth-order valence-corrected chi connectivity index (χ4v) is 2.85. The third-order valence-electron chi connectivity index (χ3n) is 2.98. The predicted molar refractivity (Wildman–Crippen MR) is 69.5 cm³/mol. The van der Waals surface area contributed by atoms with Gasteiger partial charge in [-0.25, -0.2) is 4.79 Å². The first kappa shape index (κ1) is 12.3. The molecule has 0 radical (unpaired) electrons. The van der Waals surface area contributed by atoms with Crippen LogP contribution in [0.2, 0.25) is 0 Å². The Morgan fingerprint density at radius 3 is 3.00 bits per heavy atom. The van der Waals surface area contributed by atoms with E-state index < -0.39 is 5.97 Å². The maximum Gasteiger partial charge on any atom is 0.345 e. The molecule has 0 saturated carbocycles. The van der Waals surface area contributed by atoms with Gasteiger partial charge in [-0.2, -0.15) is 0 Å². The second kappa shape index (κ2) is 5.98. The summed E-state index contributed by atoms with van der Waals surface area (Å²) in [5.74, 6) is -0.0995. The zero-order valence-electron chi connectivity index (χ0n) is 9.69. The summed E-state index contributed by atoms with van der Waals surface area (Å²) in [6.07, 6.45) is 8.11. The summed E-state index contributed by atoms with van der Waals surface area (Å²) < 4.78 is 0. The van der Waals surface area contributed by atoms with Crippen LogP contribution in [0.3, 0.4) is 0 Å². The lowest BCUT2D eigenvalue weighted by atomic mass is 9.94. The number of hydrogen-bond acceptors (Lipinski definition) is 3. The number of carbonyl (C=O) groups is 1. The first-order chi connectivity index (χ1) is 8.25. The molecule has 2 N–H and O–H groups in total. The Kier molecular flexibility index (Phi) is 4.34. The van der Waals surface area contributed by atoms with Crippen molar-refractivity contribution in [1.82, 2.24) is 5.32 Å². The zero-order chi connectivity index (χ0) is 12.1. The van der Waals surface area contributed by atoms with Crippen LogP contribution in [0.4, 0.5) is 0 Å². The van der Waals surface area contributed by atoms with Gasteiger partial charge in [0, 0.05) is 11.4 Å². The summed E-state index contributed by atoms with van der Waals surface area (Å²) in [5.41, 5.74) is 0. The molecule has 1 aromatic heterocycles. The smallest absolute Gasteiger partial charge is 0.345 e. The number of hydrogen-bond donors (Lipinski definition) is 2. The van der Waals surface area contributed by atoms with Gasteiger partial charge < -0.3 is 10.4 Å². The van der Waals surface area contributed by atoms with Crippen LogP contribution in [0.25, 0.3) is 0 Å². The van der Waals surface area contributed by atoms with Crippen LogP contribution < -0.4 is 5.32 Å². The molecule has 1 aliphatic rings. The Morgan fingerprint density at radius 2 is 2.35 bits per heavy atom. The molecule has 1 atom stereocenters. The molecule has 1 unspecified atom stereocenters. The SMILES string of the molecule is O=C(O)c1ccc(CNCC2CC=CCC2)s1. The van der Waals surface area contributed by atoms with E-state index in [9.17, 15) is 4.79 Å². The molecule has 17 heavy (non-hydrogen) atoms. The molecular weight excluding hydrogens is 234 g/mol. The van der Waals surface area contributed by atoms with Gasteiger partial charge in [0.2, 0.25) is 0 Å². The van der Waals surface area contributed by atoms with Crippen molar-refractivity contribution in [3.8, 4) is 0 Å². The summed E-state index contributed by atoms with van der Waals surface area (Å²) in [6, 6.07) is 3.56. The van der Waals surface area contributed by atoms with Crippen molar-refractivity contribution in [2.24, 2.45) is 5.92 Å². The summed E-state index contributed by atoms with van der Waals surface area (Å²) >= 11 is 1.35. The second-order valence-electron chi connectivity index (χ2n) is 4.35. The van der Waals surface area contributed by atoms with E-state index in [0.717, 1.165) is 30.3 Å². The molecule has 92 valence electrons. The van der Waals surface area contributed by atoms with Crippen molar-refractivity contribution in [2.45, 2.75) is 25.8 Å². The van der Waals surface area contributed by atoms with Gasteiger partial charge in [-0.15, -0.1) is 11.3 Å². The number of rotatable bonds is 5. The third-order valence-corrected chi connectivity index (χ3v) is 4.06. The lowest BCUT2D eigenvalue weighted by molar-refractivity contribution is 0.0702. The normalized spacial score (nSPS) is 19.4. The Labute approximate surface area is 105 Å². The average molecular weight is 251 g/mol. The number of carboxylic acids is 1. The molecule has 0 amide bonds. The molecule has 1 heterocycles. The number of carboxylic acid groups (broad SMARTS) is 1. The number of thiophene rings is 1. The van der Waals surface area contributed by atoms with E-state index in [-0.39, 0.29) is 0 Å². The van der Waals surface area contributed by atoms with E-state index in [4.69, 9.17) is 5.11 Å². The lowest BCUT2D eigenvalue weighted by Crippen LogP contribution is -2.22. The van der Waals surface area contributed by atoms with Gasteiger partial charge in [-0.3, -0.25) is 0 Å². The van der Waals surface area contributed by atoms with Gasteiger partial charge in [0.25, 0.3) is 0 Å². The highest BCUT2D eigenvalue weighted by Crippen LogP contribution is 2.18. The molecule has 4 heteroatoms. The van der Waals surface area contributed by atoms with Gasteiger partial charge in [-0.1, -0.05) is 12.2 Å². The molecule has 3 nitrogen and oxygen atoms in total. The van der Waals surface area contributed by atoms with Crippen molar-refractivity contribution >= 4 is 17.3 Å². The molecule has 2 rings (SSSR count). The Morgan fingerprint density at radius 1 is 1.47 bits per heavy atom. The molecule has 0 saturated heterocycles. The molecule has 1 aromatic rings. The standard InChI is InChI=1S/C13H17NO2S/c15-13(16)12-7-6-11(17-12)9-14-8-10-4-2-1-3-5-10/h1-2,6-7,10,14H,3-5,8-9H2,(H,15,16). The van der Waals surface area contributed by atoms with Crippen LogP contribution in [0, 0.1) is 5.92 Å². The number of nitrogens with one attached hydrogen (secondary N) is 1. The van der Waals surface area contributed by atoms with Crippen LogP contribution in [-0.4, -0.2) is 17.6 Å². The molecule has 1 aliphatic carbocycles. The highest BCUT2D eigenvalue weighted by Gasteiger charge is 2.10. The van der Waals surface area contributed by atoms with Crippen molar-refractivity contribution in [2.75, 3.05) is 6.54 Å². The summed E-state index contributed by atoms with van der Waals surface area (Å²) in [7, 11) is 0. The summed E-state index contributed by atoms with van der Waals surface area (Å²) in [6.45, 7) is 1.79. The van der Waals surface area contributed by atoms with Gasteiger partial charge in [0.15, 0.2) is 0 Å². The molecular formula is C13H17NO2S. The minimum Gasteiger partial charge on any atom is -0.477 e. The summed E-state index contributed by atoms with van der Waals surface area (Å²) in [5, 5.41) is 12.2. The van der Waals surface area contributed by atoms with E-state index in [1.54, 1.807) is 6.07 Å². The maximum absolute atomic E-state index is 10.7. The van der Waals surface area contributed by atoms with E-state index >= 15 is 0 Å². The van der Waals surface area contributed by atoms with Gasteiger partial charge in [0.1, 0.15) is 4.88 Å². The average Bonchev–Trinajstić information content (AvgIpc) is 2.79. The zero-order valence-corrected chi connectivity index (χ0v) is 10.5. The highest BCUT2D eigenvalue weighted by molar-refractivity contribution is 7.13. The van der Waals surface area contributed by atoms with Crippen molar-refractivity contribution < 1.29 is 9.90 Å². The monoisotopic (exact) mass is 251 g/mol. The number of aromatic carboxylic acids is 1. The van der Waals surface area contributed by atoms with Crippen LogP contribution in [0.5, 0.6) is 0 Å². The molecule has 0 bridgehead atoms. The fourth-order valence-electron chi connectivity index (χ4n) is 2.03. The van der Waals surface area contributed by atoms with Crippen LogP contribution in [0.15, 0.2) is 24.3 Å². The topological polar surface area (TPSA) is 49.3 Å². The van der Waals surface area contributed by atoms with E-state index in [0.29, 0.717) is 4.88 Å². The second-order valence-corrected chi connectivity index (χ2v) is 5.52. The Balaban J connectivity index is 1.73. The highest BCUT2D eigenvalue weighted by atomic mass is 32.1. The van der Waals surface area contributed by atoms with Gasteiger partial charge in [-0.05, 0) is 43.9 Å².